The molecule has 0 atom stereocenters. The molecule has 0 saturated carbocycles. The Labute approximate surface area is 180 Å². The fourth-order valence-corrected chi connectivity index (χ4v) is 2.77. The summed E-state index contributed by atoms with van der Waals surface area (Å²) < 4.78 is 30.6. The summed E-state index contributed by atoms with van der Waals surface area (Å²) in [6.07, 6.45) is 0. The highest BCUT2D eigenvalue weighted by molar-refractivity contribution is 7.86. The van der Waals surface area contributed by atoms with Crippen molar-refractivity contribution in [2.45, 2.75) is 4.90 Å². The highest BCUT2D eigenvalue weighted by Crippen LogP contribution is 2.20. The molecule has 0 aliphatic rings. The van der Waals surface area contributed by atoms with Crippen LogP contribution in [0.2, 0.25) is 0 Å². The normalized spacial score (nSPS) is 9.97. The highest BCUT2D eigenvalue weighted by Gasteiger charge is 2.27. The lowest BCUT2D eigenvalue weighted by Crippen LogP contribution is -2.14. The van der Waals surface area contributed by atoms with Gasteiger partial charge in [0.15, 0.2) is 0 Å². The number of hydrogen-bond donors (Lipinski definition) is 7. The molecule has 0 aliphatic heterocycles. The van der Waals surface area contributed by atoms with Crippen molar-refractivity contribution in [1.29, 1.82) is 0 Å². The topological polar surface area (TPSA) is 244 Å². The molecule has 174 valence electrons. The molecule has 0 radical (unpaired) electrons. The largest absolute Gasteiger partial charge is 0.478 e. The van der Waals surface area contributed by atoms with E-state index in [0.29, 0.717) is 0 Å². The average Bonchev–Trinajstić information content (AvgIpc) is 2.73. The minimum atomic E-state index is -4.92. The van der Waals surface area contributed by atoms with Gasteiger partial charge in [-0.1, -0.05) is 6.07 Å². The Balaban J connectivity index is 0.000000529. The van der Waals surface area contributed by atoms with Crippen molar-refractivity contribution in [2.24, 2.45) is 0 Å². The second-order valence-corrected chi connectivity index (χ2v) is 6.76. The lowest BCUT2D eigenvalue weighted by Gasteiger charge is -2.05. The molecule has 7 N–H and O–H groups in total. The van der Waals surface area contributed by atoms with Crippen LogP contribution in [0.5, 0.6) is 0 Å². The second kappa shape index (κ2) is 12.8. The van der Waals surface area contributed by atoms with Gasteiger partial charge in [0.25, 0.3) is 10.1 Å². The summed E-state index contributed by atoms with van der Waals surface area (Å²) >= 11 is 0. The molecule has 2 aromatic rings. The van der Waals surface area contributed by atoms with Crippen LogP contribution in [0, 0.1) is 0 Å². The van der Waals surface area contributed by atoms with Gasteiger partial charge < -0.3 is 30.6 Å². The Hall–Kier alpha value is -3.85. The van der Waals surface area contributed by atoms with Crippen molar-refractivity contribution < 1.29 is 62.8 Å². The van der Waals surface area contributed by atoms with E-state index in [0.717, 1.165) is 18.2 Å². The molecule has 13 nitrogen and oxygen atoms in total. The summed E-state index contributed by atoms with van der Waals surface area (Å²) in [5.41, 5.74) is -1.41. The minimum absolute atomic E-state index is 0.0833. The van der Waals surface area contributed by atoms with Gasteiger partial charge in [0, 0.05) is 0 Å². The van der Waals surface area contributed by atoms with Crippen LogP contribution in [0.1, 0.15) is 41.4 Å². The van der Waals surface area contributed by atoms with Gasteiger partial charge in [-0.05, 0) is 36.4 Å². The molecule has 0 bridgehead atoms. The van der Waals surface area contributed by atoms with E-state index >= 15 is 0 Å². The number of hydrogen-bond acceptors (Lipinski definition) is 8. The zero-order valence-electron chi connectivity index (χ0n) is 15.9. The van der Waals surface area contributed by atoms with Crippen LogP contribution in [-0.4, -0.2) is 80.7 Å². The average molecular weight is 474 g/mol. The minimum Gasteiger partial charge on any atom is -0.478 e. The maximum atomic E-state index is 10.9. The van der Waals surface area contributed by atoms with E-state index in [1.807, 2.05) is 0 Å². The molecule has 2 aromatic carbocycles. The Bertz CT molecular complexity index is 1010. The monoisotopic (exact) mass is 474 g/mol. The number of rotatable bonds is 6. The van der Waals surface area contributed by atoms with Gasteiger partial charge in [0.1, 0.15) is 4.90 Å². The second-order valence-electron chi connectivity index (χ2n) is 5.40. The van der Waals surface area contributed by atoms with Crippen molar-refractivity contribution in [3.05, 3.63) is 64.7 Å². The van der Waals surface area contributed by atoms with E-state index in [-0.39, 0.29) is 24.3 Å². The zero-order chi connectivity index (χ0) is 25.1. The van der Waals surface area contributed by atoms with E-state index in [1.54, 1.807) is 0 Å². The lowest BCUT2D eigenvalue weighted by molar-refractivity contribution is 0.0676. The third-order valence-corrected chi connectivity index (χ3v) is 4.17. The Morgan fingerprint density at radius 2 is 0.938 bits per heavy atom. The summed E-state index contributed by atoms with van der Waals surface area (Å²) in [6, 6.07) is 7.87. The number of carbonyl (C=O) groups is 4. The fraction of sp³-hybridized carbons (Fsp3) is 0.111. The van der Waals surface area contributed by atoms with Gasteiger partial charge >= 0.3 is 23.9 Å². The first-order chi connectivity index (χ1) is 14.8. The third kappa shape index (κ3) is 8.88. The van der Waals surface area contributed by atoms with Crippen LogP contribution >= 0.6 is 0 Å². The van der Waals surface area contributed by atoms with Crippen molar-refractivity contribution in [3.63, 3.8) is 0 Å². The summed E-state index contributed by atoms with van der Waals surface area (Å²) in [7, 11) is -4.92. The van der Waals surface area contributed by atoms with Crippen molar-refractivity contribution in [3.8, 4) is 0 Å². The summed E-state index contributed by atoms with van der Waals surface area (Å²) in [5.74, 6) is -5.41. The molecule has 0 unspecified atom stereocenters. The van der Waals surface area contributed by atoms with E-state index in [2.05, 4.69) is 0 Å². The Morgan fingerprint density at radius 3 is 1.12 bits per heavy atom. The molecule has 0 aromatic heterocycles. The number of carboxylic acids is 4. The van der Waals surface area contributed by atoms with Gasteiger partial charge in [0.2, 0.25) is 0 Å². The molecular weight excluding hydrogens is 456 g/mol. The number of carboxylic acid groups (broad SMARTS) is 4. The molecule has 0 heterocycles. The van der Waals surface area contributed by atoms with Gasteiger partial charge in [-0.25, -0.2) is 19.2 Å². The number of aliphatic hydroxyl groups is 2. The molecular formula is C18H18O13S. The summed E-state index contributed by atoms with van der Waals surface area (Å²) in [6.45, 7) is -0.250. The lowest BCUT2D eigenvalue weighted by atomic mass is 10.1. The predicted molar refractivity (Wildman–Crippen MR) is 105 cm³/mol. The van der Waals surface area contributed by atoms with Gasteiger partial charge in [-0.2, -0.15) is 8.42 Å². The number of aromatic carboxylic acids is 4. The summed E-state index contributed by atoms with van der Waals surface area (Å²) in [5, 5.41) is 49.5. The smallest absolute Gasteiger partial charge is 0.337 e. The maximum Gasteiger partial charge on any atom is 0.337 e. The first-order valence-corrected chi connectivity index (χ1v) is 9.57. The standard InChI is InChI=1S/C8H6O7S.C8H6O4.C2H6O2/c9-7(10)4-2-1-3-5(8(11)12)6(4)16(13,14)15;9-7(10)5-1-2-6(4-3-5)8(11)12;3-1-2-4/h1-3H,(H,9,10)(H,11,12)(H,13,14,15);1-4H,(H,9,10)(H,11,12);3-4H,1-2H2. The highest BCUT2D eigenvalue weighted by atomic mass is 32.2. The molecule has 0 fully saturated rings. The number of aliphatic hydroxyl groups excluding tert-OH is 2. The first-order valence-electron chi connectivity index (χ1n) is 8.13. The quantitative estimate of drug-likeness (QED) is 0.280. The van der Waals surface area contributed by atoms with Crippen molar-refractivity contribution in [2.75, 3.05) is 13.2 Å². The SMILES string of the molecule is O=C(O)c1ccc(C(=O)O)cc1.O=C(O)c1cccc(C(=O)O)c1S(=O)(=O)O.OCCO. The Morgan fingerprint density at radius 1 is 0.625 bits per heavy atom. The Kier molecular flexibility index (Phi) is 11.2. The fourth-order valence-electron chi connectivity index (χ4n) is 1.91. The van der Waals surface area contributed by atoms with Gasteiger partial charge in [-0.3, -0.25) is 4.55 Å². The first kappa shape index (κ1) is 28.1. The maximum absolute atomic E-state index is 10.9. The molecule has 0 spiro atoms. The van der Waals surface area contributed by atoms with E-state index < -0.39 is 50.0 Å². The number of benzene rings is 2. The van der Waals surface area contributed by atoms with Crippen LogP contribution in [0.25, 0.3) is 0 Å². The third-order valence-electron chi connectivity index (χ3n) is 3.21. The van der Waals surface area contributed by atoms with E-state index in [9.17, 15) is 27.6 Å². The van der Waals surface area contributed by atoms with Crippen LogP contribution in [0.15, 0.2) is 47.4 Å². The van der Waals surface area contributed by atoms with Crippen molar-refractivity contribution in [1.82, 2.24) is 0 Å². The zero-order valence-corrected chi connectivity index (χ0v) is 16.8. The van der Waals surface area contributed by atoms with Gasteiger partial charge in [-0.15, -0.1) is 0 Å². The van der Waals surface area contributed by atoms with Crippen LogP contribution < -0.4 is 0 Å². The van der Waals surface area contributed by atoms with E-state index in [1.165, 1.54) is 24.3 Å². The molecule has 32 heavy (non-hydrogen) atoms. The van der Waals surface area contributed by atoms with Gasteiger partial charge in [0.05, 0.1) is 35.5 Å². The van der Waals surface area contributed by atoms with Crippen LogP contribution in [-0.2, 0) is 10.1 Å². The molecule has 0 aliphatic carbocycles. The molecule has 14 heteroatoms. The summed E-state index contributed by atoms with van der Waals surface area (Å²) in [4.78, 5) is 40.9. The predicted octanol–water partition coefficient (Wildman–Crippen LogP) is 0.384. The molecule has 0 amide bonds. The molecule has 2 rings (SSSR count). The molecule has 0 saturated heterocycles. The van der Waals surface area contributed by atoms with Crippen molar-refractivity contribution >= 4 is 34.0 Å². The van der Waals surface area contributed by atoms with E-state index in [4.69, 9.17) is 35.2 Å². The van der Waals surface area contributed by atoms with Crippen LogP contribution in [0.4, 0.5) is 0 Å². The van der Waals surface area contributed by atoms with Crippen LogP contribution in [0.3, 0.4) is 0 Å².